The van der Waals surface area contributed by atoms with Crippen molar-refractivity contribution in [2.45, 2.75) is 91.0 Å². The highest BCUT2D eigenvalue weighted by atomic mass is 32.1. The van der Waals surface area contributed by atoms with Crippen molar-refractivity contribution in [2.24, 2.45) is 5.92 Å². The zero-order valence-corrected chi connectivity index (χ0v) is 18.4. The Bertz CT molecular complexity index is 543. The van der Waals surface area contributed by atoms with E-state index >= 15 is 0 Å². The summed E-state index contributed by atoms with van der Waals surface area (Å²) in [6.07, 6.45) is 3.67. The molecular formula is C20H37N3O3S. The molecule has 156 valence electrons. The summed E-state index contributed by atoms with van der Waals surface area (Å²) in [6.45, 7) is 12.5. The highest BCUT2D eigenvalue weighted by Gasteiger charge is 2.37. The lowest BCUT2D eigenvalue weighted by Crippen LogP contribution is -2.58. The Hall–Kier alpha value is -1.18. The van der Waals surface area contributed by atoms with E-state index in [1.165, 1.54) is 22.7 Å². The van der Waals surface area contributed by atoms with Gasteiger partial charge in [0.2, 0.25) is 0 Å². The van der Waals surface area contributed by atoms with Crippen molar-refractivity contribution in [3.8, 4) is 0 Å². The number of aliphatic hydroxyl groups excluding tert-OH is 1. The normalized spacial score (nSPS) is 15.6. The molecule has 0 aliphatic rings. The molecule has 1 rings (SSSR count). The number of hydrogen-bond acceptors (Lipinski definition) is 5. The fraction of sp³-hybridized carbons (Fsp3) is 0.800. The molecule has 0 bridgehead atoms. The van der Waals surface area contributed by atoms with Crippen molar-refractivity contribution in [2.75, 3.05) is 6.54 Å². The number of nitrogens with zero attached hydrogens (tertiary/aromatic N) is 2. The van der Waals surface area contributed by atoms with Crippen LogP contribution >= 0.6 is 11.3 Å². The van der Waals surface area contributed by atoms with Crippen LogP contribution in [0.2, 0.25) is 0 Å². The van der Waals surface area contributed by atoms with E-state index in [1.807, 2.05) is 26.2 Å². The van der Waals surface area contributed by atoms with Gasteiger partial charge in [-0.2, -0.15) is 0 Å². The van der Waals surface area contributed by atoms with Gasteiger partial charge in [0.25, 0.3) is 0 Å². The fourth-order valence-corrected chi connectivity index (χ4v) is 3.92. The van der Waals surface area contributed by atoms with E-state index in [4.69, 9.17) is 0 Å². The van der Waals surface area contributed by atoms with Crippen LogP contribution in [0.5, 0.6) is 0 Å². The van der Waals surface area contributed by atoms with Crippen LogP contribution in [0.3, 0.4) is 0 Å². The van der Waals surface area contributed by atoms with Gasteiger partial charge in [0, 0.05) is 36.1 Å². The molecule has 1 aromatic heterocycles. The van der Waals surface area contributed by atoms with E-state index in [0.717, 1.165) is 17.8 Å². The zero-order valence-electron chi connectivity index (χ0n) is 17.6. The van der Waals surface area contributed by atoms with Crippen molar-refractivity contribution in [1.29, 1.82) is 0 Å². The second kappa shape index (κ2) is 11.0. The Morgan fingerprint density at radius 1 is 1.30 bits per heavy atom. The van der Waals surface area contributed by atoms with E-state index in [0.29, 0.717) is 18.9 Å². The van der Waals surface area contributed by atoms with Crippen molar-refractivity contribution in [3.05, 3.63) is 16.6 Å². The second-order valence-corrected chi connectivity index (χ2v) is 9.70. The quantitative estimate of drug-likeness (QED) is 0.524. The number of hydrogen-bond donors (Lipinski definition) is 3. The molecule has 0 aromatic carbocycles. The predicted octanol–water partition coefficient (Wildman–Crippen LogP) is 4.00. The SMILES string of the molecule is CC(C)CCCC(C)NC[C@H](O)[C@H](Cc1nccs1)N(C(=O)O)C(C)(C)C. The van der Waals surface area contributed by atoms with Crippen LogP contribution in [-0.2, 0) is 6.42 Å². The minimum atomic E-state index is -1.02. The van der Waals surface area contributed by atoms with E-state index < -0.39 is 23.8 Å². The summed E-state index contributed by atoms with van der Waals surface area (Å²) < 4.78 is 0. The number of thiazole rings is 1. The molecule has 0 saturated heterocycles. The third-order valence-corrected chi connectivity index (χ3v) is 5.47. The smallest absolute Gasteiger partial charge is 0.408 e. The average Bonchev–Trinajstić information content (AvgIpc) is 3.03. The molecule has 7 heteroatoms. The first-order chi connectivity index (χ1) is 12.5. The first kappa shape index (κ1) is 23.9. The predicted molar refractivity (Wildman–Crippen MR) is 111 cm³/mol. The van der Waals surface area contributed by atoms with Crippen LogP contribution in [0.25, 0.3) is 0 Å². The van der Waals surface area contributed by atoms with Gasteiger partial charge in [-0.25, -0.2) is 9.78 Å². The number of carboxylic acid groups (broad SMARTS) is 1. The average molecular weight is 400 g/mol. The molecule has 27 heavy (non-hydrogen) atoms. The zero-order chi connectivity index (χ0) is 20.6. The van der Waals surface area contributed by atoms with Crippen molar-refractivity contribution < 1.29 is 15.0 Å². The molecule has 0 spiro atoms. The molecule has 3 atom stereocenters. The Kier molecular flexibility index (Phi) is 9.70. The third-order valence-electron chi connectivity index (χ3n) is 4.67. The summed E-state index contributed by atoms with van der Waals surface area (Å²) in [5, 5.41) is 26.7. The maximum absolute atomic E-state index is 11.9. The van der Waals surface area contributed by atoms with Gasteiger partial charge >= 0.3 is 6.09 Å². The van der Waals surface area contributed by atoms with Crippen LogP contribution < -0.4 is 5.32 Å². The maximum atomic E-state index is 11.9. The monoisotopic (exact) mass is 399 g/mol. The van der Waals surface area contributed by atoms with Crippen LogP contribution in [0, 0.1) is 5.92 Å². The van der Waals surface area contributed by atoms with Crippen LogP contribution in [0.1, 0.15) is 65.8 Å². The van der Waals surface area contributed by atoms with Gasteiger partial charge < -0.3 is 15.5 Å². The molecule has 1 amide bonds. The minimum absolute atomic E-state index is 0.284. The standard InChI is InChI=1S/C20H37N3O3S/c1-14(2)8-7-9-15(3)22-13-17(24)16(12-18-21-10-11-27-18)23(19(25)26)20(4,5)6/h10-11,14-17,22,24H,7-9,12-13H2,1-6H3,(H,25,26)/t15?,16-,17-/m0/s1. The van der Waals surface area contributed by atoms with E-state index in [9.17, 15) is 15.0 Å². The second-order valence-electron chi connectivity index (χ2n) is 8.72. The van der Waals surface area contributed by atoms with Gasteiger partial charge in [-0.15, -0.1) is 11.3 Å². The summed E-state index contributed by atoms with van der Waals surface area (Å²) in [5.74, 6) is 0.696. The summed E-state index contributed by atoms with van der Waals surface area (Å²) in [6, 6.07) is -0.268. The molecule has 0 radical (unpaired) electrons. The van der Waals surface area contributed by atoms with Crippen molar-refractivity contribution >= 4 is 17.4 Å². The molecule has 0 aliphatic heterocycles. The van der Waals surface area contributed by atoms with E-state index in [-0.39, 0.29) is 6.04 Å². The third kappa shape index (κ3) is 8.58. The van der Waals surface area contributed by atoms with Gasteiger partial charge in [-0.05, 0) is 40.0 Å². The lowest BCUT2D eigenvalue weighted by molar-refractivity contribution is 0.00695. The van der Waals surface area contributed by atoms with Gasteiger partial charge in [-0.1, -0.05) is 26.7 Å². The first-order valence-electron chi connectivity index (χ1n) is 9.84. The number of amides is 1. The molecule has 1 heterocycles. The summed E-state index contributed by atoms with van der Waals surface area (Å²) in [7, 11) is 0. The fourth-order valence-electron chi connectivity index (χ4n) is 3.25. The largest absolute Gasteiger partial charge is 0.465 e. The van der Waals surface area contributed by atoms with Gasteiger partial charge in [-0.3, -0.25) is 4.90 Å². The van der Waals surface area contributed by atoms with Crippen molar-refractivity contribution in [3.63, 3.8) is 0 Å². The van der Waals surface area contributed by atoms with Gasteiger partial charge in [0.1, 0.15) is 0 Å². The highest BCUT2D eigenvalue weighted by molar-refractivity contribution is 7.09. The number of aromatic nitrogens is 1. The molecule has 0 aliphatic carbocycles. The highest BCUT2D eigenvalue weighted by Crippen LogP contribution is 2.23. The molecule has 1 aromatic rings. The molecule has 0 fully saturated rings. The topological polar surface area (TPSA) is 85.7 Å². The molecule has 1 unspecified atom stereocenters. The molecular weight excluding hydrogens is 362 g/mol. The minimum Gasteiger partial charge on any atom is -0.465 e. The Morgan fingerprint density at radius 3 is 2.44 bits per heavy atom. The molecule has 6 nitrogen and oxygen atoms in total. The van der Waals surface area contributed by atoms with Gasteiger partial charge in [0.05, 0.1) is 17.2 Å². The lowest BCUT2D eigenvalue weighted by atomic mass is 9.97. The first-order valence-corrected chi connectivity index (χ1v) is 10.7. The Morgan fingerprint density at radius 2 is 1.96 bits per heavy atom. The molecule has 0 saturated carbocycles. The molecule has 3 N–H and O–H groups in total. The van der Waals surface area contributed by atoms with E-state index in [1.54, 1.807) is 6.20 Å². The number of aliphatic hydroxyl groups is 1. The van der Waals surface area contributed by atoms with Crippen LogP contribution in [0.15, 0.2) is 11.6 Å². The maximum Gasteiger partial charge on any atom is 0.408 e. The summed E-state index contributed by atoms with van der Waals surface area (Å²) >= 11 is 1.48. The number of carbonyl (C=O) groups is 1. The Labute approximate surface area is 168 Å². The number of rotatable bonds is 11. The van der Waals surface area contributed by atoms with Crippen molar-refractivity contribution in [1.82, 2.24) is 15.2 Å². The lowest BCUT2D eigenvalue weighted by Gasteiger charge is -2.41. The summed E-state index contributed by atoms with van der Waals surface area (Å²) in [4.78, 5) is 17.6. The Balaban J connectivity index is 2.77. The van der Waals surface area contributed by atoms with E-state index in [2.05, 4.69) is 31.1 Å². The van der Waals surface area contributed by atoms with Crippen LogP contribution in [0.4, 0.5) is 4.79 Å². The van der Waals surface area contributed by atoms with Crippen LogP contribution in [-0.4, -0.2) is 56.5 Å². The number of nitrogens with one attached hydrogen (secondary N) is 1. The summed E-state index contributed by atoms with van der Waals surface area (Å²) in [5.41, 5.74) is -0.613. The van der Waals surface area contributed by atoms with Gasteiger partial charge in [0.15, 0.2) is 0 Å².